The van der Waals surface area contributed by atoms with Gasteiger partial charge in [0.05, 0.1) is 0 Å². The molecule has 1 aromatic carbocycles. The first-order chi connectivity index (χ1) is 5.77. The van der Waals surface area contributed by atoms with Crippen molar-refractivity contribution in [2.45, 2.75) is 6.92 Å². The number of rotatable bonds is 2. The van der Waals surface area contributed by atoms with E-state index >= 15 is 0 Å². The van der Waals surface area contributed by atoms with E-state index in [1.54, 1.807) is 0 Å². The van der Waals surface area contributed by atoms with Crippen LogP contribution in [-0.2, 0) is 0 Å². The lowest BCUT2D eigenvalue weighted by molar-refractivity contribution is 1.39. The third-order valence-electron chi connectivity index (χ3n) is 2.17. The molecule has 0 atom stereocenters. The van der Waals surface area contributed by atoms with Crippen molar-refractivity contribution >= 4 is 11.3 Å². The monoisotopic (exact) mass is 159 g/mol. The number of benzene rings is 1. The molecule has 1 aliphatic rings. The van der Waals surface area contributed by atoms with E-state index in [1.165, 1.54) is 24.3 Å². The second kappa shape index (κ2) is 2.67. The fourth-order valence-electron chi connectivity index (χ4n) is 1.26. The Morgan fingerprint density at radius 2 is 1.83 bits per heavy atom. The zero-order chi connectivity index (χ0) is 8.55. The van der Waals surface area contributed by atoms with Crippen LogP contribution in [0.15, 0.2) is 30.8 Å². The van der Waals surface area contributed by atoms with Gasteiger partial charge in [-0.25, -0.2) is 0 Å². The van der Waals surface area contributed by atoms with E-state index < -0.39 is 0 Å². The van der Waals surface area contributed by atoms with Crippen LogP contribution in [0.5, 0.6) is 0 Å². The fraction of sp³-hybridized carbons (Fsp3) is 0.273. The molecule has 0 spiro atoms. The van der Waals surface area contributed by atoms with E-state index in [-0.39, 0.29) is 0 Å². The lowest BCUT2D eigenvalue weighted by atomic mass is 10.1. The van der Waals surface area contributed by atoms with Gasteiger partial charge in [-0.3, -0.25) is 0 Å². The molecule has 0 aromatic heterocycles. The lowest BCUT2D eigenvalue weighted by Gasteiger charge is -2.03. The molecule has 12 heavy (non-hydrogen) atoms. The molecule has 0 N–H and O–H groups in total. The molecule has 0 bridgehead atoms. The maximum absolute atomic E-state index is 3.90. The summed E-state index contributed by atoms with van der Waals surface area (Å²) in [7, 11) is 0. The molecule has 1 aliphatic heterocycles. The Morgan fingerprint density at radius 1 is 1.25 bits per heavy atom. The van der Waals surface area contributed by atoms with Crippen molar-refractivity contribution in [1.82, 2.24) is 0 Å². The Kier molecular flexibility index (Phi) is 1.65. The molecule has 0 radical (unpaired) electrons. The molecule has 2 rings (SSSR count). The first-order valence-corrected chi connectivity index (χ1v) is 4.28. The van der Waals surface area contributed by atoms with Crippen LogP contribution in [0, 0.1) is 0 Å². The summed E-state index contributed by atoms with van der Waals surface area (Å²) in [5.74, 6) is 0. The first kappa shape index (κ1) is 7.41. The molecule has 62 valence electrons. The van der Waals surface area contributed by atoms with E-state index in [0.29, 0.717) is 0 Å². The number of nitrogens with zero attached hydrogens (tertiary/aromatic N) is 1. The lowest BCUT2D eigenvalue weighted by Crippen LogP contribution is -1.89. The average molecular weight is 159 g/mol. The Balaban J connectivity index is 2.24. The predicted octanol–water partition coefficient (Wildman–Crippen LogP) is 2.54. The van der Waals surface area contributed by atoms with Crippen LogP contribution in [0.3, 0.4) is 0 Å². The summed E-state index contributed by atoms with van der Waals surface area (Å²) in [5, 5.41) is 0. The summed E-state index contributed by atoms with van der Waals surface area (Å²) in [6.45, 7) is 8.37. The number of hydrogen-bond acceptors (Lipinski definition) is 1. The standard InChI is InChI=1S/C11H13N/c1-9(2)10-3-5-11(6-4-10)12-7-8-12/h3-6H,1,7-8H2,2H3. The average Bonchev–Trinajstić information content (AvgIpc) is 2.87. The van der Waals surface area contributed by atoms with Gasteiger partial charge in [-0.1, -0.05) is 24.3 Å². The van der Waals surface area contributed by atoms with Crippen molar-refractivity contribution in [3.8, 4) is 0 Å². The Morgan fingerprint density at radius 3 is 2.25 bits per heavy atom. The number of anilines is 1. The van der Waals surface area contributed by atoms with E-state index in [9.17, 15) is 0 Å². The second-order valence-corrected chi connectivity index (χ2v) is 3.31. The van der Waals surface area contributed by atoms with E-state index in [0.717, 1.165) is 5.57 Å². The van der Waals surface area contributed by atoms with Gasteiger partial charge in [0, 0.05) is 18.8 Å². The molecule has 1 heteroatoms. The second-order valence-electron chi connectivity index (χ2n) is 3.31. The molecular formula is C11H13N. The van der Waals surface area contributed by atoms with Gasteiger partial charge in [-0.15, -0.1) is 0 Å². The maximum Gasteiger partial charge on any atom is 0.0367 e. The van der Waals surface area contributed by atoms with Gasteiger partial charge < -0.3 is 4.90 Å². The fourth-order valence-corrected chi connectivity index (χ4v) is 1.26. The van der Waals surface area contributed by atoms with Gasteiger partial charge in [0.2, 0.25) is 0 Å². The minimum Gasteiger partial charge on any atom is -0.368 e. The molecule has 0 unspecified atom stereocenters. The Bertz CT molecular complexity index is 293. The summed E-state index contributed by atoms with van der Waals surface area (Å²) >= 11 is 0. The summed E-state index contributed by atoms with van der Waals surface area (Å²) in [6, 6.07) is 8.60. The van der Waals surface area contributed by atoms with Crippen molar-refractivity contribution in [1.29, 1.82) is 0 Å². The van der Waals surface area contributed by atoms with Crippen LogP contribution < -0.4 is 4.90 Å². The van der Waals surface area contributed by atoms with Gasteiger partial charge in [0.15, 0.2) is 0 Å². The van der Waals surface area contributed by atoms with Crippen LogP contribution >= 0.6 is 0 Å². The van der Waals surface area contributed by atoms with E-state index in [4.69, 9.17) is 0 Å². The summed E-state index contributed by atoms with van der Waals surface area (Å²) in [5.41, 5.74) is 3.70. The highest BCUT2D eigenvalue weighted by Crippen LogP contribution is 2.22. The van der Waals surface area contributed by atoms with Crippen LogP contribution in [0.2, 0.25) is 0 Å². The van der Waals surface area contributed by atoms with E-state index in [1.807, 2.05) is 6.92 Å². The first-order valence-electron chi connectivity index (χ1n) is 4.28. The quantitative estimate of drug-likeness (QED) is 0.599. The topological polar surface area (TPSA) is 3.01 Å². The smallest absolute Gasteiger partial charge is 0.0367 e. The molecule has 0 aliphatic carbocycles. The maximum atomic E-state index is 3.90. The van der Waals surface area contributed by atoms with Gasteiger partial charge in [0.1, 0.15) is 0 Å². The molecule has 1 fully saturated rings. The highest BCUT2D eigenvalue weighted by molar-refractivity contribution is 5.64. The third-order valence-corrected chi connectivity index (χ3v) is 2.17. The van der Waals surface area contributed by atoms with Crippen LogP contribution in [0.25, 0.3) is 5.57 Å². The van der Waals surface area contributed by atoms with Gasteiger partial charge >= 0.3 is 0 Å². The minimum absolute atomic E-state index is 1.13. The Hall–Kier alpha value is -1.24. The zero-order valence-electron chi connectivity index (χ0n) is 7.38. The highest BCUT2D eigenvalue weighted by Gasteiger charge is 2.16. The van der Waals surface area contributed by atoms with Crippen molar-refractivity contribution in [3.63, 3.8) is 0 Å². The molecule has 0 saturated carbocycles. The molecule has 1 aromatic rings. The number of allylic oxidation sites excluding steroid dienone is 1. The SMILES string of the molecule is C=C(C)c1ccc(N2CC2)cc1. The largest absolute Gasteiger partial charge is 0.368 e. The van der Waals surface area contributed by atoms with Crippen LogP contribution in [0.4, 0.5) is 5.69 Å². The summed E-state index contributed by atoms with van der Waals surface area (Å²) in [4.78, 5) is 2.34. The molecular weight excluding hydrogens is 146 g/mol. The minimum atomic E-state index is 1.13. The van der Waals surface area contributed by atoms with Crippen molar-refractivity contribution in [2.24, 2.45) is 0 Å². The van der Waals surface area contributed by atoms with Gasteiger partial charge in [-0.05, 0) is 24.6 Å². The van der Waals surface area contributed by atoms with Gasteiger partial charge in [-0.2, -0.15) is 0 Å². The van der Waals surface area contributed by atoms with Crippen molar-refractivity contribution < 1.29 is 0 Å². The van der Waals surface area contributed by atoms with Crippen molar-refractivity contribution in [2.75, 3.05) is 18.0 Å². The third kappa shape index (κ3) is 1.35. The Labute approximate surface area is 73.3 Å². The van der Waals surface area contributed by atoms with Gasteiger partial charge in [0.25, 0.3) is 0 Å². The van der Waals surface area contributed by atoms with Crippen LogP contribution in [0.1, 0.15) is 12.5 Å². The number of hydrogen-bond donors (Lipinski definition) is 0. The summed E-state index contributed by atoms with van der Waals surface area (Å²) < 4.78 is 0. The zero-order valence-corrected chi connectivity index (χ0v) is 7.38. The molecule has 1 heterocycles. The highest BCUT2D eigenvalue weighted by atomic mass is 15.3. The predicted molar refractivity (Wildman–Crippen MR) is 53.4 cm³/mol. The molecule has 1 saturated heterocycles. The normalized spacial score (nSPS) is 14.6. The van der Waals surface area contributed by atoms with E-state index in [2.05, 4.69) is 35.7 Å². The molecule has 1 nitrogen and oxygen atoms in total. The van der Waals surface area contributed by atoms with Crippen molar-refractivity contribution in [3.05, 3.63) is 36.4 Å². The molecule has 0 amide bonds. The van der Waals surface area contributed by atoms with Crippen LogP contribution in [-0.4, -0.2) is 13.1 Å². The summed E-state index contributed by atoms with van der Waals surface area (Å²) in [6.07, 6.45) is 0.